The fraction of sp³-hybridized carbons (Fsp3) is 0.929. The highest BCUT2D eigenvalue weighted by molar-refractivity contribution is 5.76. The molecule has 3 heteroatoms. The molecule has 1 saturated carbocycles. The van der Waals surface area contributed by atoms with E-state index in [2.05, 4.69) is 6.92 Å². The Balaban J connectivity index is 2.23. The van der Waals surface area contributed by atoms with Crippen LogP contribution >= 0.6 is 0 Å². The van der Waals surface area contributed by atoms with E-state index in [0.29, 0.717) is 6.54 Å². The molecule has 1 atom stereocenters. The van der Waals surface area contributed by atoms with Crippen LogP contribution in [-0.4, -0.2) is 30.4 Å². The molecular weight excluding hydrogens is 212 g/mol. The lowest BCUT2D eigenvalue weighted by molar-refractivity contribution is -0.132. The van der Waals surface area contributed by atoms with Crippen molar-refractivity contribution in [3.05, 3.63) is 0 Å². The zero-order valence-corrected chi connectivity index (χ0v) is 11.5. The van der Waals surface area contributed by atoms with Crippen LogP contribution in [0.3, 0.4) is 0 Å². The smallest absolute Gasteiger partial charge is 0.222 e. The summed E-state index contributed by atoms with van der Waals surface area (Å²) in [5, 5.41) is 0. The summed E-state index contributed by atoms with van der Waals surface area (Å²) in [5.41, 5.74) is 5.52. The molecule has 0 radical (unpaired) electrons. The quantitative estimate of drug-likeness (QED) is 0.775. The van der Waals surface area contributed by atoms with Crippen molar-refractivity contribution in [2.75, 3.05) is 13.6 Å². The highest BCUT2D eigenvalue weighted by Crippen LogP contribution is 2.27. The van der Waals surface area contributed by atoms with Gasteiger partial charge in [0.1, 0.15) is 0 Å². The van der Waals surface area contributed by atoms with Crippen molar-refractivity contribution in [2.24, 2.45) is 11.7 Å². The third-order valence-electron chi connectivity index (χ3n) is 4.13. The van der Waals surface area contributed by atoms with Gasteiger partial charge in [0, 0.05) is 19.5 Å². The molecule has 1 aliphatic rings. The Labute approximate surface area is 106 Å². The minimum Gasteiger partial charge on any atom is -0.343 e. The van der Waals surface area contributed by atoms with Crippen molar-refractivity contribution >= 4 is 5.91 Å². The maximum atomic E-state index is 12.0. The summed E-state index contributed by atoms with van der Waals surface area (Å²) in [5.74, 6) is 1.09. The van der Waals surface area contributed by atoms with E-state index in [4.69, 9.17) is 5.73 Å². The molecule has 0 spiro atoms. The Morgan fingerprint density at radius 3 is 2.59 bits per heavy atom. The maximum Gasteiger partial charge on any atom is 0.222 e. The number of rotatable bonds is 6. The van der Waals surface area contributed by atoms with Crippen LogP contribution < -0.4 is 5.73 Å². The lowest BCUT2D eigenvalue weighted by atomic mass is 9.86. The number of hydrogen-bond acceptors (Lipinski definition) is 2. The number of nitrogens with zero attached hydrogens (tertiary/aromatic N) is 1. The van der Waals surface area contributed by atoms with Crippen molar-refractivity contribution in [3.63, 3.8) is 0 Å². The average molecular weight is 240 g/mol. The molecule has 0 saturated heterocycles. The summed E-state index contributed by atoms with van der Waals surface area (Å²) in [6.07, 6.45) is 9.46. The van der Waals surface area contributed by atoms with Gasteiger partial charge in [-0.25, -0.2) is 0 Å². The Hall–Kier alpha value is -0.570. The van der Waals surface area contributed by atoms with Crippen LogP contribution in [0.15, 0.2) is 0 Å². The monoisotopic (exact) mass is 240 g/mol. The molecule has 1 aliphatic carbocycles. The number of amides is 1. The van der Waals surface area contributed by atoms with E-state index in [0.717, 1.165) is 25.2 Å². The van der Waals surface area contributed by atoms with Crippen LogP contribution in [0.5, 0.6) is 0 Å². The van der Waals surface area contributed by atoms with Crippen LogP contribution in [0.25, 0.3) is 0 Å². The topological polar surface area (TPSA) is 46.3 Å². The lowest BCUT2D eigenvalue weighted by Crippen LogP contribution is -2.36. The molecule has 0 aromatic rings. The van der Waals surface area contributed by atoms with E-state index in [-0.39, 0.29) is 11.9 Å². The van der Waals surface area contributed by atoms with E-state index in [9.17, 15) is 4.79 Å². The number of nitrogens with two attached hydrogens (primary N) is 1. The van der Waals surface area contributed by atoms with Crippen LogP contribution in [-0.2, 0) is 4.79 Å². The first-order valence-electron chi connectivity index (χ1n) is 7.11. The van der Waals surface area contributed by atoms with Gasteiger partial charge in [0.25, 0.3) is 0 Å². The summed E-state index contributed by atoms with van der Waals surface area (Å²) in [7, 11) is 1.91. The minimum absolute atomic E-state index is 0.277. The maximum absolute atomic E-state index is 12.0. The van der Waals surface area contributed by atoms with E-state index in [1.165, 1.54) is 32.1 Å². The molecule has 1 fully saturated rings. The lowest BCUT2D eigenvalue weighted by Gasteiger charge is -2.26. The molecule has 100 valence electrons. The highest BCUT2D eigenvalue weighted by Gasteiger charge is 2.18. The van der Waals surface area contributed by atoms with E-state index in [1.54, 1.807) is 0 Å². The predicted octanol–water partition coefficient (Wildman–Crippen LogP) is 2.54. The Morgan fingerprint density at radius 2 is 2.00 bits per heavy atom. The third-order valence-corrected chi connectivity index (χ3v) is 4.13. The first kappa shape index (κ1) is 14.5. The number of hydrogen-bond donors (Lipinski definition) is 1. The predicted molar refractivity (Wildman–Crippen MR) is 71.7 cm³/mol. The average Bonchev–Trinajstić information content (AvgIpc) is 2.36. The van der Waals surface area contributed by atoms with Gasteiger partial charge in [-0.1, -0.05) is 32.1 Å². The van der Waals surface area contributed by atoms with Crippen LogP contribution in [0.1, 0.15) is 58.3 Å². The molecule has 1 amide bonds. The van der Waals surface area contributed by atoms with Crippen molar-refractivity contribution in [1.82, 2.24) is 4.90 Å². The molecule has 0 heterocycles. The van der Waals surface area contributed by atoms with Crippen molar-refractivity contribution in [2.45, 2.75) is 64.3 Å². The van der Waals surface area contributed by atoms with Gasteiger partial charge in [0.2, 0.25) is 5.91 Å². The van der Waals surface area contributed by atoms with Gasteiger partial charge in [-0.05, 0) is 32.2 Å². The first-order valence-corrected chi connectivity index (χ1v) is 7.11. The van der Waals surface area contributed by atoms with Crippen LogP contribution in [0.4, 0.5) is 0 Å². The highest BCUT2D eigenvalue weighted by atomic mass is 16.2. The summed E-state index contributed by atoms with van der Waals surface area (Å²) in [6, 6.07) is 0.277. The fourth-order valence-electron chi connectivity index (χ4n) is 2.66. The van der Waals surface area contributed by atoms with Gasteiger partial charge in [0.15, 0.2) is 0 Å². The van der Waals surface area contributed by atoms with Gasteiger partial charge in [-0.15, -0.1) is 0 Å². The standard InChI is InChI=1S/C14H28N2O/c1-12(10-11-15)16(2)14(17)9-8-13-6-4-3-5-7-13/h12-13H,3-11,15H2,1-2H3. The summed E-state index contributed by atoms with van der Waals surface area (Å²) in [6.45, 7) is 2.73. The van der Waals surface area contributed by atoms with Gasteiger partial charge >= 0.3 is 0 Å². The largest absolute Gasteiger partial charge is 0.343 e. The summed E-state index contributed by atoms with van der Waals surface area (Å²) >= 11 is 0. The third kappa shape index (κ3) is 5.07. The van der Waals surface area contributed by atoms with Gasteiger partial charge < -0.3 is 10.6 Å². The molecule has 0 aromatic carbocycles. The molecular formula is C14H28N2O. The molecule has 1 unspecified atom stereocenters. The van der Waals surface area contributed by atoms with Crippen LogP contribution in [0, 0.1) is 5.92 Å². The van der Waals surface area contributed by atoms with Crippen molar-refractivity contribution < 1.29 is 4.79 Å². The molecule has 1 rings (SSSR count). The molecule has 3 nitrogen and oxygen atoms in total. The van der Waals surface area contributed by atoms with Crippen molar-refractivity contribution in [1.29, 1.82) is 0 Å². The fourth-order valence-corrected chi connectivity index (χ4v) is 2.66. The molecule has 0 bridgehead atoms. The number of carbonyl (C=O) groups is 1. The molecule has 17 heavy (non-hydrogen) atoms. The second-order valence-electron chi connectivity index (χ2n) is 5.47. The Morgan fingerprint density at radius 1 is 1.35 bits per heavy atom. The number of carbonyl (C=O) groups excluding carboxylic acids is 1. The molecule has 0 aromatic heterocycles. The van der Waals surface area contributed by atoms with Gasteiger partial charge in [-0.3, -0.25) is 4.79 Å². The Bertz CT molecular complexity index is 224. The van der Waals surface area contributed by atoms with Crippen molar-refractivity contribution in [3.8, 4) is 0 Å². The zero-order chi connectivity index (χ0) is 12.7. The van der Waals surface area contributed by atoms with E-state index >= 15 is 0 Å². The summed E-state index contributed by atoms with van der Waals surface area (Å²) in [4.78, 5) is 13.9. The second kappa shape index (κ2) is 7.70. The first-order chi connectivity index (χ1) is 8.15. The van der Waals surface area contributed by atoms with Gasteiger partial charge in [-0.2, -0.15) is 0 Å². The van der Waals surface area contributed by atoms with E-state index < -0.39 is 0 Å². The SMILES string of the molecule is CC(CCN)N(C)C(=O)CCC1CCCCC1. The molecule has 2 N–H and O–H groups in total. The van der Waals surface area contributed by atoms with E-state index in [1.807, 2.05) is 11.9 Å². The minimum atomic E-state index is 0.277. The summed E-state index contributed by atoms with van der Waals surface area (Å²) < 4.78 is 0. The second-order valence-corrected chi connectivity index (χ2v) is 5.47. The van der Waals surface area contributed by atoms with Crippen LogP contribution in [0.2, 0.25) is 0 Å². The zero-order valence-electron chi connectivity index (χ0n) is 11.5. The van der Waals surface area contributed by atoms with Gasteiger partial charge in [0.05, 0.1) is 0 Å². The Kier molecular flexibility index (Phi) is 6.56. The normalized spacial score (nSPS) is 19.0. The molecule has 0 aliphatic heterocycles.